The summed E-state index contributed by atoms with van der Waals surface area (Å²) in [6, 6.07) is -3.32. The molecule has 0 N–H and O–H groups in total. The largest absolute Gasteiger partial charge is 0.332 e. The molecule has 8 aliphatic rings. The number of fused-ring (bicyclic) bond motifs is 2. The molecular weight excluding hydrogens is 1550 g/mol. The Kier molecular flexibility index (Phi) is 15.6. The van der Waals surface area contributed by atoms with Crippen LogP contribution < -0.4 is 0 Å². The van der Waals surface area contributed by atoms with Crippen LogP contribution in [-0.2, 0) is 67.6 Å². The number of sulfone groups is 2. The Morgan fingerprint density at radius 3 is 1.31 bits per heavy atom. The van der Waals surface area contributed by atoms with Gasteiger partial charge < -0.3 is 9.80 Å². The van der Waals surface area contributed by atoms with Crippen LogP contribution in [0.4, 0.5) is 0 Å². The number of hydrogen-bond acceptors (Lipinski definition) is 14. The predicted molar refractivity (Wildman–Crippen MR) is 423 cm³/mol. The average Bonchev–Trinajstić information content (AvgIpc) is 1.53. The number of Topliss-reactive ketones (excluding diaryl/α,β-unsaturated/α-hetero) is 8. The second kappa shape index (κ2) is 34.7. The van der Waals surface area contributed by atoms with Gasteiger partial charge in [0.05, 0.1) is 35.0 Å². The molecule has 5 unspecified atom stereocenters. The van der Waals surface area contributed by atoms with E-state index in [4.69, 9.17) is 54.8 Å². The lowest BCUT2D eigenvalue weighted by Crippen LogP contribution is -2.51. The van der Waals surface area contributed by atoms with Crippen molar-refractivity contribution in [2.75, 3.05) is 24.6 Å². The van der Waals surface area contributed by atoms with E-state index in [0.717, 1.165) is 39.4 Å². The Labute approximate surface area is 701 Å². The van der Waals surface area contributed by atoms with Crippen LogP contribution in [0.15, 0.2) is 0 Å². The van der Waals surface area contributed by atoms with E-state index in [2.05, 4.69) is 52.1 Å². The Morgan fingerprint density at radius 1 is 0.559 bits per heavy atom. The van der Waals surface area contributed by atoms with Crippen molar-refractivity contribution in [3.63, 3.8) is 0 Å². The minimum Gasteiger partial charge on any atom is -0.332 e. The third-order valence-corrected chi connectivity index (χ3v) is 26.7. The van der Waals surface area contributed by atoms with Crippen molar-refractivity contribution in [1.82, 2.24) is 9.80 Å². The molecule has 2 saturated heterocycles. The molecule has 6 saturated carbocycles. The van der Waals surface area contributed by atoms with E-state index in [-0.39, 0.29) is 31.2 Å². The third-order valence-electron chi connectivity index (χ3n) is 21.7. The van der Waals surface area contributed by atoms with Gasteiger partial charge in [-0.3, -0.25) is 47.9 Å². The summed E-state index contributed by atoms with van der Waals surface area (Å²) in [5, 5.41) is 0. The molecule has 582 valence electrons. The lowest BCUT2D eigenvalue weighted by atomic mass is 9.70. The van der Waals surface area contributed by atoms with Gasteiger partial charge in [0.15, 0.2) is 42.8 Å². The summed E-state index contributed by atoms with van der Waals surface area (Å²) < 4.78 is 394. The highest BCUT2D eigenvalue weighted by atomic mass is 127. The number of ketones is 8. The van der Waals surface area contributed by atoms with E-state index in [1.165, 1.54) is 0 Å². The number of likely N-dealkylation sites (tertiary alicyclic amines) is 2. The van der Waals surface area contributed by atoms with E-state index in [1.807, 2.05) is 0 Å². The van der Waals surface area contributed by atoms with Crippen molar-refractivity contribution >= 4 is 123 Å². The maximum Gasteiger partial charge on any atom is 0.227 e. The fourth-order valence-corrected chi connectivity index (χ4v) is 17.7. The summed E-state index contributed by atoms with van der Waals surface area (Å²) >= 11 is 4.66. The lowest BCUT2D eigenvalue weighted by Gasteiger charge is -2.40. The maximum atomic E-state index is 15.3. The Bertz CT molecular complexity index is 5020. The molecule has 0 aromatic heterocycles. The van der Waals surface area contributed by atoms with Crippen molar-refractivity contribution in [1.29, 1.82) is 0 Å². The topological polar surface area (TPSA) is 245 Å². The first-order valence-corrected chi connectivity index (χ1v) is 40.7. The molecule has 20 heteroatoms. The second-order valence-corrected chi connectivity index (χ2v) is 43.5. The minimum absolute atomic E-state index is 0.110. The minimum atomic E-state index is -5.14. The van der Waals surface area contributed by atoms with Crippen LogP contribution >= 0.6 is 45.2 Å². The molecule has 0 aromatic carbocycles. The fraction of sp³-hybridized carbons (Fsp3) is 0.878. The molecule has 2 amide bonds. The zero-order valence-corrected chi connectivity index (χ0v) is 66.5. The standard InChI is InChI=1S/2C40H65NO7S.C2H4I2/c2*1-10-11-15-27(35(45)32(44)20-26-16-17-26)21-31(43)34-33-30(39(33,8)9)24-41(34)36(46)29(37(2,3)4)22-28(42)23-40(18-13-12-14-19-40)25-49(47,48)38(5,6)7;1-2(3)4/h2*26-27,29-30,33-34H,10-25H2,1-9H3;2H,1H3/t27?,29-,30+,33+,34?;27-,29+,30-,33-,34?;/m10./s1/i1D3,2D3,3D3,5D3,11D2,12D2,13D2,18D2;1D3,2D3,3D3,5D3,11D2,12D2,13D2,18D2,27D;/t27?,29-,30+,33+,34?,40?;27-,29+,30-,33-,34?,40?;. The molecule has 2 heterocycles. The smallest absolute Gasteiger partial charge is 0.227 e. The van der Waals surface area contributed by atoms with Crippen LogP contribution in [-0.4, -0.2) is 133 Å². The molecule has 0 spiro atoms. The summed E-state index contributed by atoms with van der Waals surface area (Å²) in [6.45, 7) is -14.1. The van der Waals surface area contributed by atoms with Gasteiger partial charge in [0.25, 0.3) is 0 Å². The van der Waals surface area contributed by atoms with E-state index in [0.29, 0.717) is 39.5 Å². The molecule has 12 atom stereocenters. The predicted octanol–water partition coefficient (Wildman–Crippen LogP) is 16.9. The number of halogens is 2. The second-order valence-electron chi connectivity index (χ2n) is 32.3. The first-order chi connectivity index (χ1) is 62.9. The molecule has 6 aliphatic carbocycles. The number of piperidine rings is 2. The normalized spacial score (nSPS) is 37.8. The summed E-state index contributed by atoms with van der Waals surface area (Å²) in [5.41, 5.74) is -13.5. The summed E-state index contributed by atoms with van der Waals surface area (Å²) in [5.74, 6) is -28.1. The maximum absolute atomic E-state index is 15.3. The van der Waals surface area contributed by atoms with E-state index in [1.54, 1.807) is 27.7 Å². The van der Waals surface area contributed by atoms with Crippen molar-refractivity contribution in [3.8, 4) is 0 Å². The van der Waals surface area contributed by atoms with Gasteiger partial charge in [0, 0.05) is 144 Å². The SMILES string of the molecule is CC(I)I.[2H]C([2H])([2H])CC([2H])([2H])CC(CC(=O)C1[C@@H]2[C@H](CN1C(=O)[C@@H](CC(=O)CC1(CS(=O)(=O)C(C)(C)C([2H])([2H])[2H])CCC([2H])([2H])C([2H])([2H])C1([2H])[2H])C(C)(C([2H])([2H])[2H])C([2H])([2H])[2H])C2(C)C)C(=O)C(=O)CC1CC1.[2H]C([2H])([2H])CC([2H])([2H])C[C@@]([2H])(CC(=O)C1[C@@H]2[C@H](CN1C(=O)[C@@H](CC(=O)CC1(CS(=O)(=O)C(C)(C)C([2H])([2H])[2H])CCC([2H])([2H])C([2H])([2H])C1([2H])[2H])C(C)(C([2H])([2H])[2H])C([2H])([2H])[2H])C2(C)C)C(=O)C(=O)CC1CC1. The molecular formula is C82H134I2N2O14S2. The highest BCUT2D eigenvalue weighted by molar-refractivity contribution is 14.2. The van der Waals surface area contributed by atoms with Gasteiger partial charge in [-0.25, -0.2) is 16.8 Å². The van der Waals surface area contributed by atoms with Gasteiger partial charge in [-0.15, -0.1) is 0 Å². The van der Waals surface area contributed by atoms with Crippen LogP contribution in [0.25, 0.3) is 0 Å². The molecule has 2 aliphatic heterocycles. The average molecular weight is 1730 g/mol. The number of hydrogen-bond donors (Lipinski definition) is 0. The van der Waals surface area contributed by atoms with Crippen molar-refractivity contribution in [2.24, 2.45) is 91.6 Å². The zero-order chi connectivity index (χ0) is 112. The first kappa shape index (κ1) is 45.7. The van der Waals surface area contributed by atoms with Crippen LogP contribution in [0.3, 0.4) is 0 Å². The molecule has 102 heavy (non-hydrogen) atoms. The van der Waals surface area contributed by atoms with Gasteiger partial charge in [-0.1, -0.05) is 192 Å². The van der Waals surface area contributed by atoms with E-state index < -0.39 is 393 Å². The first-order valence-electron chi connectivity index (χ1n) is 55.4. The number of amides is 2. The molecule has 16 nitrogen and oxygen atoms in total. The fourth-order valence-electron chi connectivity index (χ4n) is 14.9. The number of rotatable bonds is 34. The molecule has 8 rings (SSSR count). The highest BCUT2D eigenvalue weighted by Gasteiger charge is 2.71. The number of nitrogens with zero attached hydrogens (tertiary/aromatic N) is 2. The summed E-state index contributed by atoms with van der Waals surface area (Å²) in [6.07, 6.45) is -39.7. The van der Waals surface area contributed by atoms with Gasteiger partial charge >= 0.3 is 0 Å². The van der Waals surface area contributed by atoms with Crippen LogP contribution in [0, 0.1) is 91.6 Å². The van der Waals surface area contributed by atoms with Gasteiger partial charge in [-0.2, -0.15) is 0 Å². The Hall–Kier alpha value is -2.34. The summed E-state index contributed by atoms with van der Waals surface area (Å²) in [4.78, 5) is 145. The van der Waals surface area contributed by atoms with E-state index in [9.17, 15) is 56.6 Å². The quantitative estimate of drug-likeness (QED) is 0.0330. The Morgan fingerprint density at radius 2 is 0.941 bits per heavy atom. The monoisotopic (exact) mass is 1730 g/mol. The van der Waals surface area contributed by atoms with Crippen molar-refractivity contribution < 1.29 is 121 Å². The van der Waals surface area contributed by atoms with E-state index >= 15 is 9.59 Å². The van der Waals surface area contributed by atoms with Crippen molar-refractivity contribution in [3.05, 3.63) is 0 Å². The molecule has 8 fully saturated rings. The molecule has 0 radical (unpaired) electrons. The van der Waals surface area contributed by atoms with Gasteiger partial charge in [-0.05, 0) is 180 Å². The van der Waals surface area contributed by atoms with Gasteiger partial charge in [0.2, 0.25) is 23.4 Å². The lowest BCUT2D eigenvalue weighted by molar-refractivity contribution is -0.148. The number of carbonyl (C=O) groups excluding carboxylic acids is 10. The van der Waals surface area contributed by atoms with Crippen LogP contribution in [0.2, 0.25) is 0 Å². The van der Waals surface area contributed by atoms with Crippen molar-refractivity contribution in [2.45, 2.75) is 334 Å². The molecule has 0 aromatic rings. The van der Waals surface area contributed by atoms with Crippen LogP contribution in [0.5, 0.6) is 0 Å². The zero-order valence-electron chi connectivity index (χ0n) is 102. The molecule has 0 bridgehead atoms. The number of alkyl halides is 2. The Balaban J connectivity index is 0.000000422. The number of carbonyl (C=O) groups is 10. The third kappa shape index (κ3) is 22.9. The van der Waals surface area contributed by atoms with Crippen LogP contribution in [0.1, 0.15) is 367 Å². The van der Waals surface area contributed by atoms with Gasteiger partial charge in [0.1, 0.15) is 11.6 Å². The summed E-state index contributed by atoms with van der Waals surface area (Å²) in [7, 11) is -10.3. The highest BCUT2D eigenvalue weighted by Crippen LogP contribution is 2.67.